The maximum absolute atomic E-state index is 11.6. The van der Waals surface area contributed by atoms with Gasteiger partial charge >= 0.3 is 6.03 Å². The molecule has 0 atom stereocenters. The average molecular weight is 240 g/mol. The zero-order valence-corrected chi connectivity index (χ0v) is 9.42. The highest BCUT2D eigenvalue weighted by Crippen LogP contribution is 2.01. The molecule has 0 spiro atoms. The third-order valence-corrected chi connectivity index (χ3v) is 2.87. The van der Waals surface area contributed by atoms with E-state index in [4.69, 9.17) is 0 Å². The van der Waals surface area contributed by atoms with Crippen molar-refractivity contribution in [3.05, 3.63) is 16.6 Å². The van der Waals surface area contributed by atoms with Gasteiger partial charge in [-0.25, -0.2) is 9.78 Å². The van der Waals surface area contributed by atoms with Crippen LogP contribution in [0.25, 0.3) is 0 Å². The van der Waals surface area contributed by atoms with Crippen molar-refractivity contribution < 1.29 is 9.59 Å². The molecule has 1 aliphatic rings. The van der Waals surface area contributed by atoms with E-state index in [0.29, 0.717) is 19.6 Å². The first-order valence-electron chi connectivity index (χ1n) is 4.92. The predicted molar refractivity (Wildman–Crippen MR) is 58.9 cm³/mol. The fourth-order valence-electron chi connectivity index (χ4n) is 1.41. The Balaban J connectivity index is 1.81. The van der Waals surface area contributed by atoms with Crippen molar-refractivity contribution in [2.75, 3.05) is 19.6 Å². The number of urea groups is 1. The van der Waals surface area contributed by atoms with Crippen LogP contribution in [-0.2, 0) is 11.3 Å². The molecule has 1 aromatic rings. The van der Waals surface area contributed by atoms with E-state index in [-0.39, 0.29) is 18.5 Å². The normalized spacial score (nSPS) is 15.8. The molecule has 0 bridgehead atoms. The first-order valence-corrected chi connectivity index (χ1v) is 5.86. The first-order chi connectivity index (χ1) is 7.75. The molecule has 2 N–H and O–H groups in total. The van der Waals surface area contributed by atoms with Gasteiger partial charge in [0, 0.05) is 18.5 Å². The van der Waals surface area contributed by atoms with Crippen molar-refractivity contribution in [2.24, 2.45) is 0 Å². The minimum Gasteiger partial charge on any atom is -0.353 e. The molecule has 0 aromatic carbocycles. The van der Waals surface area contributed by atoms with Crippen LogP contribution in [0.1, 0.15) is 5.69 Å². The number of aromatic nitrogens is 1. The van der Waals surface area contributed by atoms with Crippen molar-refractivity contribution in [3.63, 3.8) is 0 Å². The molecule has 0 saturated carbocycles. The molecule has 7 heteroatoms. The third kappa shape index (κ3) is 2.69. The lowest BCUT2D eigenvalue weighted by molar-refractivity contribution is -0.123. The van der Waals surface area contributed by atoms with Gasteiger partial charge in [0.05, 0.1) is 17.7 Å². The van der Waals surface area contributed by atoms with Crippen LogP contribution < -0.4 is 10.6 Å². The standard InChI is InChI=1S/C9H12N4O2S/c14-8-4-13(2-1-10-8)9(15)11-3-7-5-16-6-12-7/h5-6H,1-4H2,(H,10,14)(H,11,15). The Kier molecular flexibility index (Phi) is 3.35. The summed E-state index contributed by atoms with van der Waals surface area (Å²) in [5, 5.41) is 7.27. The average Bonchev–Trinajstić information content (AvgIpc) is 2.78. The summed E-state index contributed by atoms with van der Waals surface area (Å²) in [4.78, 5) is 28.3. The van der Waals surface area contributed by atoms with Gasteiger partial charge in [-0.1, -0.05) is 0 Å². The number of thiazole rings is 1. The molecule has 0 radical (unpaired) electrons. The Labute approximate surface area is 96.7 Å². The maximum atomic E-state index is 11.6. The number of piperazine rings is 1. The summed E-state index contributed by atoms with van der Waals surface area (Å²) in [6, 6.07) is -0.220. The van der Waals surface area contributed by atoms with E-state index in [1.165, 1.54) is 16.2 Å². The van der Waals surface area contributed by atoms with Crippen molar-refractivity contribution in [2.45, 2.75) is 6.54 Å². The summed E-state index contributed by atoms with van der Waals surface area (Å²) in [5.41, 5.74) is 2.55. The summed E-state index contributed by atoms with van der Waals surface area (Å²) in [5.74, 6) is -0.116. The van der Waals surface area contributed by atoms with E-state index < -0.39 is 0 Å². The Hall–Kier alpha value is -1.63. The van der Waals surface area contributed by atoms with Gasteiger partial charge in [0.2, 0.25) is 5.91 Å². The van der Waals surface area contributed by atoms with Crippen LogP contribution in [-0.4, -0.2) is 41.5 Å². The SMILES string of the molecule is O=C1CN(C(=O)NCc2cscn2)CCN1. The molecule has 0 unspecified atom stereocenters. The number of rotatable bonds is 2. The van der Waals surface area contributed by atoms with Crippen molar-refractivity contribution >= 4 is 23.3 Å². The second kappa shape index (κ2) is 4.93. The molecule has 0 aliphatic carbocycles. The summed E-state index contributed by atoms with van der Waals surface area (Å²) < 4.78 is 0. The quantitative estimate of drug-likeness (QED) is 0.751. The molecule has 1 aromatic heterocycles. The second-order valence-corrected chi connectivity index (χ2v) is 4.13. The molecule has 2 rings (SSSR count). The lowest BCUT2D eigenvalue weighted by Gasteiger charge is -2.26. The highest BCUT2D eigenvalue weighted by molar-refractivity contribution is 7.07. The Morgan fingerprint density at radius 2 is 2.56 bits per heavy atom. The highest BCUT2D eigenvalue weighted by atomic mass is 32.1. The number of hydrogen-bond donors (Lipinski definition) is 2. The Bertz CT molecular complexity index is 379. The van der Waals surface area contributed by atoms with Crippen LogP contribution in [0, 0.1) is 0 Å². The van der Waals surface area contributed by atoms with Gasteiger partial charge in [0.1, 0.15) is 6.54 Å². The molecule has 1 fully saturated rings. The van der Waals surface area contributed by atoms with Crippen molar-refractivity contribution in [1.82, 2.24) is 20.5 Å². The summed E-state index contributed by atoms with van der Waals surface area (Å²) in [6.07, 6.45) is 0. The second-order valence-electron chi connectivity index (χ2n) is 3.41. The minimum atomic E-state index is -0.220. The van der Waals surface area contributed by atoms with E-state index in [1.807, 2.05) is 5.38 Å². The lowest BCUT2D eigenvalue weighted by atomic mass is 10.4. The molecule has 16 heavy (non-hydrogen) atoms. The van der Waals surface area contributed by atoms with Gasteiger partial charge in [0.25, 0.3) is 0 Å². The summed E-state index contributed by atoms with van der Waals surface area (Å²) in [6.45, 7) is 1.60. The first kappa shape index (κ1) is 10.9. The van der Waals surface area contributed by atoms with E-state index >= 15 is 0 Å². The molecule has 86 valence electrons. The summed E-state index contributed by atoms with van der Waals surface area (Å²) in [7, 11) is 0. The van der Waals surface area contributed by atoms with E-state index in [2.05, 4.69) is 15.6 Å². The van der Waals surface area contributed by atoms with Crippen LogP contribution in [0.3, 0.4) is 0 Å². The van der Waals surface area contributed by atoms with Gasteiger partial charge < -0.3 is 15.5 Å². The molecule has 1 aliphatic heterocycles. The van der Waals surface area contributed by atoms with Crippen LogP contribution in [0.15, 0.2) is 10.9 Å². The molecule has 3 amide bonds. The topological polar surface area (TPSA) is 74.3 Å². The van der Waals surface area contributed by atoms with Crippen LogP contribution in [0.2, 0.25) is 0 Å². The van der Waals surface area contributed by atoms with Gasteiger partial charge in [-0.15, -0.1) is 11.3 Å². The summed E-state index contributed by atoms with van der Waals surface area (Å²) >= 11 is 1.49. The number of nitrogens with one attached hydrogen (secondary N) is 2. The fourth-order valence-corrected chi connectivity index (χ4v) is 1.97. The van der Waals surface area contributed by atoms with Gasteiger partial charge in [-0.3, -0.25) is 4.79 Å². The van der Waals surface area contributed by atoms with E-state index in [1.54, 1.807) is 5.51 Å². The van der Waals surface area contributed by atoms with E-state index in [0.717, 1.165) is 5.69 Å². The number of amides is 3. The van der Waals surface area contributed by atoms with Gasteiger partial charge in [-0.05, 0) is 0 Å². The monoisotopic (exact) mass is 240 g/mol. The Morgan fingerprint density at radius 3 is 3.25 bits per heavy atom. The predicted octanol–water partition coefficient (Wildman–Crippen LogP) is -0.216. The number of hydrogen-bond acceptors (Lipinski definition) is 4. The number of carbonyl (C=O) groups excluding carboxylic acids is 2. The van der Waals surface area contributed by atoms with Crippen LogP contribution >= 0.6 is 11.3 Å². The molecule has 2 heterocycles. The minimum absolute atomic E-state index is 0.116. The number of nitrogens with zero attached hydrogens (tertiary/aromatic N) is 2. The zero-order chi connectivity index (χ0) is 11.4. The number of carbonyl (C=O) groups is 2. The lowest BCUT2D eigenvalue weighted by Crippen LogP contribution is -2.52. The van der Waals surface area contributed by atoms with E-state index in [9.17, 15) is 9.59 Å². The third-order valence-electron chi connectivity index (χ3n) is 2.23. The van der Waals surface area contributed by atoms with Crippen LogP contribution in [0.4, 0.5) is 4.79 Å². The van der Waals surface area contributed by atoms with Gasteiger partial charge in [0.15, 0.2) is 0 Å². The smallest absolute Gasteiger partial charge is 0.318 e. The zero-order valence-electron chi connectivity index (χ0n) is 8.60. The molecular weight excluding hydrogens is 228 g/mol. The van der Waals surface area contributed by atoms with Gasteiger partial charge in [-0.2, -0.15) is 0 Å². The largest absolute Gasteiger partial charge is 0.353 e. The Morgan fingerprint density at radius 1 is 1.69 bits per heavy atom. The van der Waals surface area contributed by atoms with Crippen molar-refractivity contribution in [1.29, 1.82) is 0 Å². The molecular formula is C9H12N4O2S. The van der Waals surface area contributed by atoms with Crippen LogP contribution in [0.5, 0.6) is 0 Å². The highest BCUT2D eigenvalue weighted by Gasteiger charge is 2.20. The molecule has 6 nitrogen and oxygen atoms in total. The fraction of sp³-hybridized carbons (Fsp3) is 0.444. The maximum Gasteiger partial charge on any atom is 0.318 e. The van der Waals surface area contributed by atoms with Crippen molar-refractivity contribution in [3.8, 4) is 0 Å². The molecule has 1 saturated heterocycles.